The Labute approximate surface area is 245 Å². The van der Waals surface area contributed by atoms with Crippen LogP contribution < -0.4 is 10.4 Å². The van der Waals surface area contributed by atoms with Gasteiger partial charge in [-0.3, -0.25) is 0 Å². The van der Waals surface area contributed by atoms with Crippen molar-refractivity contribution in [3.05, 3.63) is 100 Å². The average Bonchev–Trinajstić information content (AvgIpc) is 3.67. The lowest BCUT2D eigenvalue weighted by Crippen LogP contribution is -2.16. The first-order chi connectivity index (χ1) is 19.0. The number of fused-ring (bicyclic) bond motifs is 4. The van der Waals surface area contributed by atoms with Crippen molar-refractivity contribution < 1.29 is 19.1 Å². The predicted molar refractivity (Wildman–Crippen MR) is 168 cm³/mol. The number of benzene rings is 3. The van der Waals surface area contributed by atoms with Gasteiger partial charge in [-0.1, -0.05) is 95.6 Å². The molecule has 8 bridgehead atoms. The zero-order chi connectivity index (χ0) is 26.7. The Bertz CT molecular complexity index is 1730. The molecular formula is C30H20O4S5. The Kier molecular flexibility index (Phi) is 6.60. The first kappa shape index (κ1) is 25.4. The molecular weight excluding hydrogens is 585 g/mol. The maximum absolute atomic E-state index is 12.8. The van der Waals surface area contributed by atoms with E-state index in [1.54, 1.807) is 59.2 Å². The maximum atomic E-state index is 12.8. The number of thiophene rings is 1. The largest absolute Gasteiger partial charge is 0.456 e. The SMILES string of the molecule is CC1=C2COC(=O)c3ccc(s3)C(=O)OCC3=C(C)SC(=c4c5ccccc5c(c5ccccc45)=C(S1)S2)S3. The number of carbonyl (C=O) groups excluding carboxylic acids is 2. The highest BCUT2D eigenvalue weighted by atomic mass is 32.2. The van der Waals surface area contributed by atoms with Crippen LogP contribution in [0, 0.1) is 0 Å². The van der Waals surface area contributed by atoms with E-state index in [2.05, 4.69) is 62.4 Å². The fourth-order valence-electron chi connectivity index (χ4n) is 4.80. The van der Waals surface area contributed by atoms with Crippen molar-refractivity contribution >= 4 is 100 Å². The van der Waals surface area contributed by atoms with Gasteiger partial charge in [0.25, 0.3) is 0 Å². The second-order valence-electron chi connectivity index (χ2n) is 9.10. The molecule has 4 aliphatic rings. The summed E-state index contributed by atoms with van der Waals surface area (Å²) in [6.07, 6.45) is 0. The molecule has 0 saturated heterocycles. The second-order valence-corrected chi connectivity index (χ2v) is 15.4. The second kappa shape index (κ2) is 10.1. The summed E-state index contributed by atoms with van der Waals surface area (Å²) in [5.74, 6) is -0.866. The van der Waals surface area contributed by atoms with Crippen LogP contribution in [0.5, 0.6) is 0 Å². The fraction of sp³-hybridized carbons (Fsp3) is 0.133. The van der Waals surface area contributed by atoms with Crippen LogP contribution in [0.15, 0.2) is 80.3 Å². The van der Waals surface area contributed by atoms with Gasteiger partial charge in [-0.2, -0.15) is 0 Å². The van der Waals surface area contributed by atoms with E-state index in [1.807, 2.05) is 0 Å². The average molecular weight is 605 g/mol. The highest BCUT2D eigenvalue weighted by Crippen LogP contribution is 2.51. The van der Waals surface area contributed by atoms with Gasteiger partial charge < -0.3 is 9.47 Å². The number of ether oxygens (including phenoxy) is 2. The molecule has 8 rings (SSSR count). The van der Waals surface area contributed by atoms with Gasteiger partial charge in [0, 0.05) is 30.1 Å². The molecule has 5 heterocycles. The summed E-state index contributed by atoms with van der Waals surface area (Å²) in [6.45, 7) is 4.54. The molecule has 0 aliphatic carbocycles. The lowest BCUT2D eigenvalue weighted by Gasteiger charge is -2.11. The van der Waals surface area contributed by atoms with E-state index in [1.165, 1.54) is 40.5 Å². The van der Waals surface area contributed by atoms with Crippen molar-refractivity contribution in [2.24, 2.45) is 0 Å². The van der Waals surface area contributed by atoms with Crippen LogP contribution in [0.25, 0.3) is 30.0 Å². The van der Waals surface area contributed by atoms with Crippen LogP contribution in [0.3, 0.4) is 0 Å². The van der Waals surface area contributed by atoms with Crippen LogP contribution in [0.4, 0.5) is 0 Å². The van der Waals surface area contributed by atoms with Crippen LogP contribution in [0.1, 0.15) is 33.2 Å². The Morgan fingerprint density at radius 1 is 0.564 bits per heavy atom. The minimum Gasteiger partial charge on any atom is -0.456 e. The quantitative estimate of drug-likeness (QED) is 0.150. The third-order valence-corrected chi connectivity index (χ3v) is 13.0. The van der Waals surface area contributed by atoms with E-state index in [9.17, 15) is 9.59 Å². The van der Waals surface area contributed by atoms with Gasteiger partial charge in [0.05, 0.1) is 8.47 Å². The summed E-state index contributed by atoms with van der Waals surface area (Å²) in [6, 6.07) is 20.4. The molecule has 0 atom stereocenters. The van der Waals surface area contributed by atoms with Crippen LogP contribution >= 0.6 is 58.4 Å². The van der Waals surface area contributed by atoms with Gasteiger partial charge in [0.1, 0.15) is 23.0 Å². The topological polar surface area (TPSA) is 52.6 Å². The summed E-state index contributed by atoms with van der Waals surface area (Å²) in [5, 5.41) is 7.22. The molecule has 0 radical (unpaired) electrons. The van der Waals surface area contributed by atoms with E-state index in [-0.39, 0.29) is 13.2 Å². The van der Waals surface area contributed by atoms with E-state index in [0.717, 1.165) is 31.0 Å². The number of thioether (sulfide) groups is 4. The van der Waals surface area contributed by atoms with Crippen LogP contribution in [0.2, 0.25) is 0 Å². The monoisotopic (exact) mass is 604 g/mol. The smallest absolute Gasteiger partial charge is 0.348 e. The van der Waals surface area contributed by atoms with Crippen molar-refractivity contribution in [3.63, 3.8) is 0 Å². The molecule has 1 aromatic heterocycles. The number of esters is 2. The minimum absolute atomic E-state index is 0.191. The summed E-state index contributed by atoms with van der Waals surface area (Å²) < 4.78 is 13.8. The van der Waals surface area contributed by atoms with Crippen molar-refractivity contribution in [2.45, 2.75) is 13.8 Å². The third-order valence-electron chi connectivity index (χ3n) is 6.73. The zero-order valence-electron chi connectivity index (χ0n) is 20.9. The summed E-state index contributed by atoms with van der Waals surface area (Å²) in [5.41, 5.74) is 0. The standard InChI is InChI=1S/C30H20O4S5/c1-15-23-13-33-27(31)21-11-12-22(37-21)28(32)34-14-24-16(2)36-30(39-24)26-19-9-5-3-7-17(19)25(29(35-15)38-23)18-8-4-6-10-20(18)26/h3-12H,13-14H2,1-2H3. The molecule has 4 nitrogen and oxygen atoms in total. The first-order valence-corrected chi connectivity index (χ1v) is 16.3. The molecule has 0 unspecified atom stereocenters. The molecule has 39 heavy (non-hydrogen) atoms. The van der Waals surface area contributed by atoms with Crippen LogP contribution in [-0.4, -0.2) is 25.2 Å². The van der Waals surface area contributed by atoms with Gasteiger partial charge in [0.2, 0.25) is 0 Å². The highest BCUT2D eigenvalue weighted by Gasteiger charge is 2.26. The van der Waals surface area contributed by atoms with Gasteiger partial charge >= 0.3 is 11.9 Å². The van der Waals surface area contributed by atoms with E-state index in [0.29, 0.717) is 9.75 Å². The molecule has 0 fully saturated rings. The van der Waals surface area contributed by atoms with Crippen molar-refractivity contribution in [1.29, 1.82) is 0 Å². The first-order valence-electron chi connectivity index (χ1n) is 12.2. The van der Waals surface area contributed by atoms with E-state index in [4.69, 9.17) is 9.47 Å². The summed E-state index contributed by atoms with van der Waals surface area (Å²) in [4.78, 5) is 30.8. The molecule has 0 spiro atoms. The minimum atomic E-state index is -0.433. The molecule has 4 aromatic rings. The molecule has 9 heteroatoms. The lowest BCUT2D eigenvalue weighted by atomic mass is 9.99. The van der Waals surface area contributed by atoms with Gasteiger partial charge in [-0.15, -0.1) is 11.3 Å². The zero-order valence-corrected chi connectivity index (χ0v) is 24.9. The molecule has 3 aromatic carbocycles. The Morgan fingerprint density at radius 2 is 0.949 bits per heavy atom. The fourth-order valence-corrected chi connectivity index (χ4v) is 10.9. The molecule has 194 valence electrons. The molecule has 0 N–H and O–H groups in total. The number of hydrogen-bond donors (Lipinski definition) is 0. The maximum Gasteiger partial charge on any atom is 0.348 e. The summed E-state index contributed by atoms with van der Waals surface area (Å²) in [7, 11) is 0. The van der Waals surface area contributed by atoms with Crippen molar-refractivity contribution in [3.8, 4) is 0 Å². The molecule has 0 amide bonds. The number of hydrogen-bond acceptors (Lipinski definition) is 9. The molecule has 0 saturated carbocycles. The molecule has 4 aliphatic heterocycles. The van der Waals surface area contributed by atoms with Gasteiger partial charge in [0.15, 0.2) is 0 Å². The third kappa shape index (κ3) is 4.44. The van der Waals surface area contributed by atoms with E-state index < -0.39 is 11.9 Å². The Balaban J connectivity index is 1.49. The van der Waals surface area contributed by atoms with Crippen molar-refractivity contribution in [2.75, 3.05) is 13.2 Å². The summed E-state index contributed by atoms with van der Waals surface area (Å²) >= 11 is 7.96. The van der Waals surface area contributed by atoms with Crippen LogP contribution in [-0.2, 0) is 9.47 Å². The van der Waals surface area contributed by atoms with Gasteiger partial charge in [-0.05, 0) is 47.5 Å². The predicted octanol–water partition coefficient (Wildman–Crippen LogP) is 7.64. The lowest BCUT2D eigenvalue weighted by molar-refractivity contribution is 0.0545. The Morgan fingerprint density at radius 3 is 1.33 bits per heavy atom. The number of carbonyl (C=O) groups is 2. The number of allylic oxidation sites excluding steroid dienone is 2. The highest BCUT2D eigenvalue weighted by molar-refractivity contribution is 8.36. The normalized spacial score (nSPS) is 18.1. The Hall–Kier alpha value is -2.56. The van der Waals surface area contributed by atoms with E-state index >= 15 is 0 Å². The van der Waals surface area contributed by atoms with Crippen molar-refractivity contribution in [1.82, 2.24) is 0 Å². The van der Waals surface area contributed by atoms with Gasteiger partial charge in [-0.25, -0.2) is 9.59 Å². The number of rotatable bonds is 0.